The van der Waals surface area contributed by atoms with Crippen molar-refractivity contribution in [1.82, 2.24) is 0 Å². The van der Waals surface area contributed by atoms with Crippen molar-refractivity contribution < 1.29 is 18.7 Å². The first-order valence-electron chi connectivity index (χ1n) is 6.16. The number of primary amides is 1. The molecule has 110 valence electrons. The maximum atomic E-state index is 13.8. The molecule has 0 saturated carbocycles. The molecule has 0 radical (unpaired) electrons. The molecule has 0 atom stereocenters. The van der Waals surface area contributed by atoms with Crippen LogP contribution in [0.25, 0.3) is 0 Å². The average Bonchev–Trinajstić information content (AvgIpc) is 2.46. The van der Waals surface area contributed by atoms with Gasteiger partial charge in [0, 0.05) is 17.2 Å². The third-order valence-corrected chi connectivity index (χ3v) is 2.93. The highest BCUT2D eigenvalue weighted by atomic mass is 19.1. The van der Waals surface area contributed by atoms with Crippen LogP contribution in [0.3, 0.4) is 0 Å². The molecule has 0 aliphatic rings. The molecule has 0 aromatic heterocycles. The molecule has 0 bridgehead atoms. The number of methoxy groups -OCH3 is 1. The van der Waals surface area contributed by atoms with Crippen molar-refractivity contribution in [3.05, 3.63) is 53.3 Å². The first-order valence-corrected chi connectivity index (χ1v) is 6.16. The van der Waals surface area contributed by atoms with Gasteiger partial charge in [-0.2, -0.15) is 0 Å². The van der Waals surface area contributed by atoms with E-state index in [0.29, 0.717) is 22.7 Å². The van der Waals surface area contributed by atoms with Gasteiger partial charge in [0.15, 0.2) is 0 Å². The van der Waals surface area contributed by atoms with Gasteiger partial charge < -0.3 is 20.9 Å². The van der Waals surface area contributed by atoms with Gasteiger partial charge in [-0.3, -0.25) is 4.79 Å². The Hall–Kier alpha value is -2.76. The maximum absolute atomic E-state index is 13.8. The van der Waals surface area contributed by atoms with E-state index >= 15 is 0 Å². The Labute approximate surface area is 121 Å². The summed E-state index contributed by atoms with van der Waals surface area (Å²) < 4.78 is 24.3. The van der Waals surface area contributed by atoms with E-state index < -0.39 is 11.7 Å². The van der Waals surface area contributed by atoms with Crippen LogP contribution in [0.2, 0.25) is 0 Å². The molecule has 0 unspecified atom stereocenters. The van der Waals surface area contributed by atoms with Crippen molar-refractivity contribution in [2.45, 2.75) is 6.61 Å². The van der Waals surface area contributed by atoms with Crippen molar-refractivity contribution in [3.8, 4) is 11.5 Å². The van der Waals surface area contributed by atoms with Gasteiger partial charge in [-0.25, -0.2) is 4.39 Å². The second-order valence-corrected chi connectivity index (χ2v) is 4.36. The highest BCUT2D eigenvalue weighted by Crippen LogP contribution is 2.26. The van der Waals surface area contributed by atoms with E-state index in [9.17, 15) is 9.18 Å². The molecule has 0 heterocycles. The molecule has 2 aromatic carbocycles. The number of rotatable bonds is 5. The lowest BCUT2D eigenvalue weighted by atomic mass is 10.1. The summed E-state index contributed by atoms with van der Waals surface area (Å²) in [5.41, 5.74) is 11.7. The third-order valence-electron chi connectivity index (χ3n) is 2.93. The van der Waals surface area contributed by atoms with Crippen LogP contribution in [0.5, 0.6) is 11.5 Å². The fourth-order valence-electron chi connectivity index (χ4n) is 1.78. The molecule has 4 N–H and O–H groups in total. The zero-order valence-corrected chi connectivity index (χ0v) is 11.4. The Morgan fingerprint density at radius 3 is 2.57 bits per heavy atom. The lowest BCUT2D eigenvalue weighted by Crippen LogP contribution is -2.11. The van der Waals surface area contributed by atoms with Crippen LogP contribution in [0, 0.1) is 5.82 Å². The standard InChI is InChI=1S/C15H15FN2O3/c1-20-14-5-4-11(7-13(14)17)21-8-10-3-2-9(15(18)19)6-12(10)16/h2-7H,8,17H2,1H3,(H2,18,19). The molecular weight excluding hydrogens is 275 g/mol. The first kappa shape index (κ1) is 14.6. The van der Waals surface area contributed by atoms with E-state index in [1.54, 1.807) is 18.2 Å². The second-order valence-electron chi connectivity index (χ2n) is 4.36. The molecule has 5 nitrogen and oxygen atoms in total. The van der Waals surface area contributed by atoms with Gasteiger partial charge >= 0.3 is 0 Å². The zero-order chi connectivity index (χ0) is 15.4. The van der Waals surface area contributed by atoms with Gasteiger partial charge in [-0.1, -0.05) is 6.07 Å². The minimum atomic E-state index is -0.677. The summed E-state index contributed by atoms with van der Waals surface area (Å²) in [6.07, 6.45) is 0. The Kier molecular flexibility index (Phi) is 4.27. The number of amides is 1. The monoisotopic (exact) mass is 290 g/mol. The number of halogens is 1. The van der Waals surface area contributed by atoms with Gasteiger partial charge in [0.05, 0.1) is 12.8 Å². The normalized spacial score (nSPS) is 10.2. The number of ether oxygens (including phenoxy) is 2. The van der Waals surface area contributed by atoms with Crippen molar-refractivity contribution >= 4 is 11.6 Å². The fourth-order valence-corrected chi connectivity index (χ4v) is 1.78. The Balaban J connectivity index is 2.09. The molecule has 0 aliphatic carbocycles. The van der Waals surface area contributed by atoms with Crippen LogP contribution in [0.1, 0.15) is 15.9 Å². The van der Waals surface area contributed by atoms with Gasteiger partial charge in [-0.05, 0) is 24.3 Å². The summed E-state index contributed by atoms with van der Waals surface area (Å²) in [6.45, 7) is 0.0106. The summed E-state index contributed by atoms with van der Waals surface area (Å²) in [6, 6.07) is 8.93. The van der Waals surface area contributed by atoms with Crippen LogP contribution in [-0.2, 0) is 6.61 Å². The number of carbonyl (C=O) groups is 1. The molecular formula is C15H15FN2O3. The predicted octanol–water partition coefficient (Wildman–Crippen LogP) is 2.09. The summed E-state index contributed by atoms with van der Waals surface area (Å²) in [5.74, 6) is -0.192. The number of hydrogen-bond acceptors (Lipinski definition) is 4. The minimum absolute atomic E-state index is 0.0106. The largest absolute Gasteiger partial charge is 0.495 e. The minimum Gasteiger partial charge on any atom is -0.495 e. The molecule has 0 fully saturated rings. The van der Waals surface area contributed by atoms with Crippen LogP contribution in [0.15, 0.2) is 36.4 Å². The topological polar surface area (TPSA) is 87.6 Å². The quantitative estimate of drug-likeness (QED) is 0.825. The van der Waals surface area contributed by atoms with E-state index in [0.717, 1.165) is 6.07 Å². The van der Waals surface area contributed by atoms with E-state index in [2.05, 4.69) is 0 Å². The van der Waals surface area contributed by atoms with Crippen molar-refractivity contribution in [2.24, 2.45) is 5.73 Å². The van der Waals surface area contributed by atoms with E-state index in [1.165, 1.54) is 19.2 Å². The lowest BCUT2D eigenvalue weighted by molar-refractivity contribution is 0.0999. The highest BCUT2D eigenvalue weighted by Gasteiger charge is 2.08. The van der Waals surface area contributed by atoms with Crippen LogP contribution in [-0.4, -0.2) is 13.0 Å². The summed E-state index contributed by atoms with van der Waals surface area (Å²) in [4.78, 5) is 10.9. The lowest BCUT2D eigenvalue weighted by Gasteiger charge is -2.10. The van der Waals surface area contributed by atoms with Crippen LogP contribution >= 0.6 is 0 Å². The van der Waals surface area contributed by atoms with E-state index in [-0.39, 0.29) is 12.2 Å². The number of carbonyl (C=O) groups excluding carboxylic acids is 1. The fraction of sp³-hybridized carbons (Fsp3) is 0.133. The predicted molar refractivity (Wildman–Crippen MR) is 76.7 cm³/mol. The highest BCUT2D eigenvalue weighted by molar-refractivity contribution is 5.92. The van der Waals surface area contributed by atoms with Crippen molar-refractivity contribution in [2.75, 3.05) is 12.8 Å². The van der Waals surface area contributed by atoms with E-state index in [4.69, 9.17) is 20.9 Å². The average molecular weight is 290 g/mol. The maximum Gasteiger partial charge on any atom is 0.248 e. The Morgan fingerprint density at radius 1 is 1.24 bits per heavy atom. The molecule has 2 aromatic rings. The summed E-state index contributed by atoms with van der Waals surface area (Å²) >= 11 is 0. The molecule has 0 aliphatic heterocycles. The number of nitrogen functional groups attached to an aromatic ring is 1. The summed E-state index contributed by atoms with van der Waals surface area (Å²) in [7, 11) is 1.52. The molecule has 0 spiro atoms. The number of nitrogens with two attached hydrogens (primary N) is 2. The van der Waals surface area contributed by atoms with Gasteiger partial charge in [-0.15, -0.1) is 0 Å². The Morgan fingerprint density at radius 2 is 2.00 bits per heavy atom. The summed E-state index contributed by atoms with van der Waals surface area (Å²) in [5, 5.41) is 0. The first-order chi connectivity index (χ1) is 10.0. The smallest absolute Gasteiger partial charge is 0.248 e. The van der Waals surface area contributed by atoms with E-state index in [1.807, 2.05) is 0 Å². The van der Waals surface area contributed by atoms with Gasteiger partial charge in [0.2, 0.25) is 5.91 Å². The number of anilines is 1. The van der Waals surface area contributed by atoms with Gasteiger partial charge in [0.25, 0.3) is 0 Å². The molecule has 1 amide bonds. The third kappa shape index (κ3) is 3.42. The van der Waals surface area contributed by atoms with Crippen LogP contribution in [0.4, 0.5) is 10.1 Å². The number of hydrogen-bond donors (Lipinski definition) is 2. The van der Waals surface area contributed by atoms with Gasteiger partial charge in [0.1, 0.15) is 23.9 Å². The Bertz CT molecular complexity index is 674. The van der Waals surface area contributed by atoms with Crippen molar-refractivity contribution in [3.63, 3.8) is 0 Å². The number of benzene rings is 2. The molecule has 21 heavy (non-hydrogen) atoms. The molecule has 2 rings (SSSR count). The second kappa shape index (κ2) is 6.13. The van der Waals surface area contributed by atoms with Crippen molar-refractivity contribution in [1.29, 1.82) is 0 Å². The molecule has 0 saturated heterocycles. The zero-order valence-electron chi connectivity index (χ0n) is 11.4. The molecule has 6 heteroatoms. The van der Waals surface area contributed by atoms with Crippen LogP contribution < -0.4 is 20.9 Å². The SMILES string of the molecule is COc1ccc(OCc2ccc(C(N)=O)cc2F)cc1N.